The van der Waals surface area contributed by atoms with Crippen molar-refractivity contribution in [2.75, 3.05) is 5.75 Å². The standard InChI is InChI=1S/C11H16Cl2N2O3S/c1-7(6-10-8(2)14-18-9(10)3)15-19(16,17)5-4-11(12)13/h4,7,15H,5-6H2,1-3H3. The first-order chi connectivity index (χ1) is 8.71. The third kappa shape index (κ3) is 5.52. The highest BCUT2D eigenvalue weighted by Crippen LogP contribution is 2.15. The van der Waals surface area contributed by atoms with E-state index in [2.05, 4.69) is 9.88 Å². The van der Waals surface area contributed by atoms with Crippen LogP contribution in [0.1, 0.15) is 23.9 Å². The van der Waals surface area contributed by atoms with Gasteiger partial charge in [0.2, 0.25) is 10.0 Å². The lowest BCUT2D eigenvalue weighted by molar-refractivity contribution is 0.392. The molecule has 0 aromatic carbocycles. The van der Waals surface area contributed by atoms with Crippen molar-refractivity contribution in [2.45, 2.75) is 33.2 Å². The summed E-state index contributed by atoms with van der Waals surface area (Å²) >= 11 is 10.8. The van der Waals surface area contributed by atoms with E-state index in [-0.39, 0.29) is 16.3 Å². The molecular weight excluding hydrogens is 311 g/mol. The van der Waals surface area contributed by atoms with Gasteiger partial charge in [0.05, 0.1) is 11.4 Å². The molecule has 5 nitrogen and oxygen atoms in total. The number of nitrogens with one attached hydrogen (secondary N) is 1. The highest BCUT2D eigenvalue weighted by Gasteiger charge is 2.17. The molecule has 0 spiro atoms. The van der Waals surface area contributed by atoms with E-state index in [1.54, 1.807) is 13.8 Å². The Balaban J connectivity index is 2.65. The van der Waals surface area contributed by atoms with Crippen LogP contribution in [0.25, 0.3) is 0 Å². The summed E-state index contributed by atoms with van der Waals surface area (Å²) in [4.78, 5) is 0. The lowest BCUT2D eigenvalue weighted by Crippen LogP contribution is -2.35. The van der Waals surface area contributed by atoms with Crippen LogP contribution < -0.4 is 4.72 Å². The van der Waals surface area contributed by atoms with E-state index in [1.807, 2.05) is 6.92 Å². The summed E-state index contributed by atoms with van der Waals surface area (Å²) in [5.74, 6) is 0.452. The average molecular weight is 327 g/mol. The lowest BCUT2D eigenvalue weighted by atomic mass is 10.1. The Labute approximate surface area is 123 Å². The number of halogens is 2. The zero-order chi connectivity index (χ0) is 14.6. The summed E-state index contributed by atoms with van der Waals surface area (Å²) < 4.78 is 31.0. The van der Waals surface area contributed by atoms with Crippen LogP contribution in [0, 0.1) is 13.8 Å². The van der Waals surface area contributed by atoms with Gasteiger partial charge in [-0.2, -0.15) is 0 Å². The fourth-order valence-electron chi connectivity index (χ4n) is 1.67. The van der Waals surface area contributed by atoms with Crippen LogP contribution in [0.4, 0.5) is 0 Å². The Morgan fingerprint density at radius 1 is 1.47 bits per heavy atom. The predicted molar refractivity (Wildman–Crippen MR) is 75.9 cm³/mol. The Morgan fingerprint density at radius 2 is 2.11 bits per heavy atom. The van der Waals surface area contributed by atoms with Gasteiger partial charge in [-0.25, -0.2) is 13.1 Å². The molecule has 0 amide bonds. The van der Waals surface area contributed by atoms with Crippen molar-refractivity contribution in [1.29, 1.82) is 0 Å². The maximum Gasteiger partial charge on any atom is 0.215 e. The van der Waals surface area contributed by atoms with Gasteiger partial charge < -0.3 is 4.52 Å². The average Bonchev–Trinajstić information content (AvgIpc) is 2.57. The fraction of sp³-hybridized carbons (Fsp3) is 0.545. The van der Waals surface area contributed by atoms with E-state index >= 15 is 0 Å². The van der Waals surface area contributed by atoms with Crippen LogP contribution in [0.5, 0.6) is 0 Å². The molecule has 1 N–H and O–H groups in total. The van der Waals surface area contributed by atoms with E-state index in [0.29, 0.717) is 12.2 Å². The van der Waals surface area contributed by atoms with E-state index < -0.39 is 10.0 Å². The second-order valence-electron chi connectivity index (χ2n) is 4.30. The van der Waals surface area contributed by atoms with Gasteiger partial charge in [-0.15, -0.1) is 0 Å². The molecule has 1 rings (SSSR count). The lowest BCUT2D eigenvalue weighted by Gasteiger charge is -2.13. The van der Waals surface area contributed by atoms with Crippen molar-refractivity contribution in [2.24, 2.45) is 0 Å². The Morgan fingerprint density at radius 3 is 2.58 bits per heavy atom. The molecule has 1 aromatic heterocycles. The van der Waals surface area contributed by atoms with Crippen molar-refractivity contribution in [1.82, 2.24) is 9.88 Å². The molecular formula is C11H16Cl2N2O3S. The van der Waals surface area contributed by atoms with Crippen LogP contribution in [-0.2, 0) is 16.4 Å². The molecule has 1 aromatic rings. The summed E-state index contributed by atoms with van der Waals surface area (Å²) in [5.41, 5.74) is 1.69. The summed E-state index contributed by atoms with van der Waals surface area (Å²) in [5, 5.41) is 3.83. The van der Waals surface area contributed by atoms with Crippen molar-refractivity contribution in [3.8, 4) is 0 Å². The van der Waals surface area contributed by atoms with Crippen molar-refractivity contribution < 1.29 is 12.9 Å². The molecule has 1 atom stereocenters. The maximum absolute atomic E-state index is 11.7. The molecule has 0 aliphatic rings. The van der Waals surface area contributed by atoms with Gasteiger partial charge in [-0.3, -0.25) is 0 Å². The Kier molecular flexibility index (Phi) is 5.85. The molecule has 1 unspecified atom stereocenters. The van der Waals surface area contributed by atoms with Gasteiger partial charge in [-0.1, -0.05) is 28.4 Å². The van der Waals surface area contributed by atoms with Crippen LogP contribution in [0.3, 0.4) is 0 Å². The third-order valence-electron chi connectivity index (χ3n) is 2.53. The first-order valence-corrected chi connectivity index (χ1v) is 8.05. The number of aromatic nitrogens is 1. The molecule has 0 aliphatic carbocycles. The van der Waals surface area contributed by atoms with Gasteiger partial charge in [0, 0.05) is 11.6 Å². The zero-order valence-electron chi connectivity index (χ0n) is 10.9. The van der Waals surface area contributed by atoms with Crippen molar-refractivity contribution in [3.63, 3.8) is 0 Å². The van der Waals surface area contributed by atoms with Crippen LogP contribution in [-0.4, -0.2) is 25.4 Å². The largest absolute Gasteiger partial charge is 0.361 e. The fourth-order valence-corrected chi connectivity index (χ4v) is 3.18. The van der Waals surface area contributed by atoms with Crippen molar-refractivity contribution >= 4 is 33.2 Å². The molecule has 1 heterocycles. The minimum atomic E-state index is -3.45. The smallest absolute Gasteiger partial charge is 0.215 e. The number of nitrogens with zero attached hydrogens (tertiary/aromatic N) is 1. The maximum atomic E-state index is 11.7. The van der Waals surface area contributed by atoms with Gasteiger partial charge in [-0.05, 0) is 33.3 Å². The summed E-state index contributed by atoms with van der Waals surface area (Å²) in [6.45, 7) is 5.39. The van der Waals surface area contributed by atoms with Gasteiger partial charge in [0.15, 0.2) is 0 Å². The minimum Gasteiger partial charge on any atom is -0.361 e. The molecule has 0 fully saturated rings. The van der Waals surface area contributed by atoms with E-state index in [1.165, 1.54) is 6.08 Å². The van der Waals surface area contributed by atoms with E-state index in [0.717, 1.165) is 11.3 Å². The normalized spacial score (nSPS) is 13.3. The van der Waals surface area contributed by atoms with Gasteiger partial charge in [0.1, 0.15) is 10.3 Å². The molecule has 108 valence electrons. The first kappa shape index (κ1) is 16.5. The highest BCUT2D eigenvalue weighted by molar-refractivity contribution is 7.89. The topological polar surface area (TPSA) is 72.2 Å². The summed E-state index contributed by atoms with van der Waals surface area (Å²) in [7, 11) is -3.45. The van der Waals surface area contributed by atoms with E-state index in [9.17, 15) is 8.42 Å². The first-order valence-electron chi connectivity index (χ1n) is 5.64. The second-order valence-corrected chi connectivity index (χ2v) is 7.11. The Hall–Kier alpha value is -0.560. The number of rotatable bonds is 6. The number of hydrogen-bond acceptors (Lipinski definition) is 4. The number of aryl methyl sites for hydroxylation is 2. The summed E-state index contributed by atoms with van der Waals surface area (Å²) in [6, 6.07) is -0.274. The van der Waals surface area contributed by atoms with Gasteiger partial charge >= 0.3 is 0 Å². The Bertz CT molecular complexity index is 543. The third-order valence-corrected chi connectivity index (χ3v) is 4.20. The minimum absolute atomic E-state index is 0.0660. The molecule has 19 heavy (non-hydrogen) atoms. The zero-order valence-corrected chi connectivity index (χ0v) is 13.2. The van der Waals surface area contributed by atoms with Gasteiger partial charge in [0.25, 0.3) is 0 Å². The molecule has 8 heteroatoms. The molecule has 0 bridgehead atoms. The molecule has 0 aliphatic heterocycles. The quantitative estimate of drug-likeness (QED) is 0.871. The van der Waals surface area contributed by atoms with E-state index in [4.69, 9.17) is 27.7 Å². The predicted octanol–water partition coefficient (Wildman–Crippen LogP) is 2.46. The molecule has 0 saturated heterocycles. The van der Waals surface area contributed by atoms with Crippen molar-refractivity contribution in [3.05, 3.63) is 27.6 Å². The number of hydrogen-bond donors (Lipinski definition) is 1. The molecule has 0 radical (unpaired) electrons. The molecule has 0 saturated carbocycles. The SMILES string of the molecule is Cc1noc(C)c1CC(C)NS(=O)(=O)CC=C(Cl)Cl. The van der Waals surface area contributed by atoms with Crippen LogP contribution in [0.2, 0.25) is 0 Å². The highest BCUT2D eigenvalue weighted by atomic mass is 35.5. The number of sulfonamides is 1. The summed E-state index contributed by atoms with van der Waals surface area (Å²) in [6.07, 6.45) is 1.74. The van der Waals surface area contributed by atoms with Crippen LogP contribution in [0.15, 0.2) is 15.1 Å². The van der Waals surface area contributed by atoms with Crippen LogP contribution >= 0.6 is 23.2 Å². The second kappa shape index (κ2) is 6.74. The monoisotopic (exact) mass is 326 g/mol.